The quantitative estimate of drug-likeness (QED) is 0.431. The fraction of sp³-hybridized carbons (Fsp3) is 1.00. The summed E-state index contributed by atoms with van der Waals surface area (Å²) in [6.07, 6.45) is 2.26. The van der Waals surface area contributed by atoms with Crippen LogP contribution in [0.1, 0.15) is 103 Å². The van der Waals surface area contributed by atoms with Crippen LogP contribution in [0.4, 0.5) is 0 Å². The van der Waals surface area contributed by atoms with Crippen LogP contribution in [0.15, 0.2) is 0 Å². The van der Waals surface area contributed by atoms with Crippen LogP contribution < -0.4 is 21.3 Å². The maximum Gasteiger partial charge on any atom is 0.0266 e. The first kappa shape index (κ1) is 27.8. The topological polar surface area (TPSA) is 48.1 Å². The van der Waals surface area contributed by atoms with Gasteiger partial charge in [-0.25, -0.2) is 0 Å². The Kier molecular flexibility index (Phi) is 10.7. The largest absolute Gasteiger partial charge is 0.312 e. The highest BCUT2D eigenvalue weighted by Crippen LogP contribution is 2.21. The lowest BCUT2D eigenvalue weighted by Crippen LogP contribution is -2.62. The summed E-state index contributed by atoms with van der Waals surface area (Å²) in [4.78, 5) is 0. The van der Waals surface area contributed by atoms with Crippen molar-refractivity contribution in [3.63, 3.8) is 0 Å². The fourth-order valence-electron chi connectivity index (χ4n) is 3.51. The molecule has 4 nitrogen and oxygen atoms in total. The Balaban J connectivity index is 5.58. The van der Waals surface area contributed by atoms with E-state index in [0.29, 0.717) is 18.0 Å². The molecule has 4 heteroatoms. The summed E-state index contributed by atoms with van der Waals surface area (Å²) in [5, 5.41) is 15.4. The highest BCUT2D eigenvalue weighted by molar-refractivity contribution is 4.96. The molecule has 0 aromatic carbocycles. The lowest BCUT2D eigenvalue weighted by Gasteiger charge is -2.43. The van der Waals surface area contributed by atoms with Gasteiger partial charge in [0, 0.05) is 34.2 Å². The Hall–Kier alpha value is -0.160. The summed E-state index contributed by atoms with van der Waals surface area (Å²) < 4.78 is 0. The van der Waals surface area contributed by atoms with Gasteiger partial charge in [-0.15, -0.1) is 0 Å². The molecule has 0 saturated heterocycles. The minimum Gasteiger partial charge on any atom is -0.312 e. The van der Waals surface area contributed by atoms with Crippen molar-refractivity contribution in [2.45, 2.75) is 137 Å². The molecule has 28 heavy (non-hydrogen) atoms. The maximum atomic E-state index is 3.98. The van der Waals surface area contributed by atoms with Gasteiger partial charge in [-0.05, 0) is 109 Å². The first-order valence-electron chi connectivity index (χ1n) is 11.4. The second-order valence-corrected chi connectivity index (χ2v) is 12.7. The van der Waals surface area contributed by atoms with Gasteiger partial charge in [0.15, 0.2) is 0 Å². The van der Waals surface area contributed by atoms with Gasteiger partial charge in [0.05, 0.1) is 0 Å². The molecule has 0 amide bonds. The van der Waals surface area contributed by atoms with Crippen molar-refractivity contribution < 1.29 is 0 Å². The Morgan fingerprint density at radius 1 is 0.607 bits per heavy atom. The maximum absolute atomic E-state index is 3.98. The SMILES string of the molecule is CCC(CNC(C)(C)C)C(NC(C)(C)C)C(CCNC(C)(C)C)NC(C)(C)C. The first-order valence-corrected chi connectivity index (χ1v) is 11.4. The smallest absolute Gasteiger partial charge is 0.0266 e. The third-order valence-electron chi connectivity index (χ3n) is 4.69. The zero-order valence-corrected chi connectivity index (χ0v) is 21.6. The van der Waals surface area contributed by atoms with Gasteiger partial charge in [0.1, 0.15) is 0 Å². The zero-order chi connectivity index (χ0) is 22.4. The molecule has 0 aromatic rings. The molecule has 3 unspecified atom stereocenters. The molecule has 0 rings (SSSR count). The Morgan fingerprint density at radius 2 is 1.07 bits per heavy atom. The Labute approximate surface area is 177 Å². The van der Waals surface area contributed by atoms with Crippen LogP contribution in [0.25, 0.3) is 0 Å². The van der Waals surface area contributed by atoms with Gasteiger partial charge in [0.25, 0.3) is 0 Å². The molecular formula is C24H54N4. The summed E-state index contributed by atoms with van der Waals surface area (Å²) in [6, 6.07) is 0.807. The van der Waals surface area contributed by atoms with Crippen LogP contribution in [0, 0.1) is 5.92 Å². The van der Waals surface area contributed by atoms with E-state index in [9.17, 15) is 0 Å². The van der Waals surface area contributed by atoms with Crippen LogP contribution in [-0.2, 0) is 0 Å². The van der Waals surface area contributed by atoms with E-state index >= 15 is 0 Å². The van der Waals surface area contributed by atoms with E-state index in [2.05, 4.69) is 111 Å². The average molecular weight is 399 g/mol. The lowest BCUT2D eigenvalue weighted by atomic mass is 9.85. The minimum absolute atomic E-state index is 0.0785. The van der Waals surface area contributed by atoms with Gasteiger partial charge in [-0.2, -0.15) is 0 Å². The molecule has 4 N–H and O–H groups in total. The number of rotatable bonds is 10. The summed E-state index contributed by atoms with van der Waals surface area (Å²) in [7, 11) is 0. The highest BCUT2D eigenvalue weighted by Gasteiger charge is 2.33. The number of hydrogen-bond acceptors (Lipinski definition) is 4. The van der Waals surface area contributed by atoms with Gasteiger partial charge in [-0.3, -0.25) is 0 Å². The van der Waals surface area contributed by atoms with Crippen LogP contribution >= 0.6 is 0 Å². The third-order valence-corrected chi connectivity index (χ3v) is 4.69. The van der Waals surface area contributed by atoms with Gasteiger partial charge >= 0.3 is 0 Å². The highest BCUT2D eigenvalue weighted by atomic mass is 15.1. The number of nitrogens with one attached hydrogen (secondary N) is 4. The molecule has 0 bridgehead atoms. The molecule has 0 fully saturated rings. The average Bonchev–Trinajstić information content (AvgIpc) is 2.40. The van der Waals surface area contributed by atoms with E-state index in [1.54, 1.807) is 0 Å². The predicted octanol–water partition coefficient (Wildman–Crippen LogP) is 4.69. The van der Waals surface area contributed by atoms with Crippen molar-refractivity contribution in [2.75, 3.05) is 13.1 Å². The van der Waals surface area contributed by atoms with Gasteiger partial charge in [-0.1, -0.05) is 13.3 Å². The van der Waals surface area contributed by atoms with E-state index in [1.807, 2.05) is 0 Å². The second kappa shape index (κ2) is 10.7. The normalized spacial score (nSPS) is 17.5. The molecule has 0 spiro atoms. The summed E-state index contributed by atoms with van der Waals surface area (Å²) in [5.41, 5.74) is 0.451. The summed E-state index contributed by atoms with van der Waals surface area (Å²) >= 11 is 0. The van der Waals surface area contributed by atoms with Crippen LogP contribution in [0.2, 0.25) is 0 Å². The van der Waals surface area contributed by atoms with Crippen molar-refractivity contribution in [3.8, 4) is 0 Å². The van der Waals surface area contributed by atoms with E-state index in [1.165, 1.54) is 0 Å². The molecule has 0 saturated carbocycles. The molecule has 170 valence electrons. The Morgan fingerprint density at radius 3 is 1.43 bits per heavy atom. The molecule has 0 heterocycles. The monoisotopic (exact) mass is 398 g/mol. The summed E-state index contributed by atoms with van der Waals surface area (Å²) in [6.45, 7) is 31.5. The van der Waals surface area contributed by atoms with Crippen molar-refractivity contribution in [1.82, 2.24) is 21.3 Å². The molecule has 0 aromatic heterocycles. The van der Waals surface area contributed by atoms with E-state index < -0.39 is 0 Å². The third kappa shape index (κ3) is 14.8. The lowest BCUT2D eigenvalue weighted by molar-refractivity contribution is 0.177. The molecule has 0 aliphatic heterocycles. The molecule has 0 aliphatic rings. The molecule has 3 atom stereocenters. The second-order valence-electron chi connectivity index (χ2n) is 12.7. The number of hydrogen-bond donors (Lipinski definition) is 4. The van der Waals surface area contributed by atoms with Gasteiger partial charge in [0.2, 0.25) is 0 Å². The van der Waals surface area contributed by atoms with Crippen molar-refractivity contribution in [3.05, 3.63) is 0 Å². The summed E-state index contributed by atoms with van der Waals surface area (Å²) in [5.74, 6) is 0.563. The molecular weight excluding hydrogens is 344 g/mol. The van der Waals surface area contributed by atoms with E-state index in [0.717, 1.165) is 25.9 Å². The van der Waals surface area contributed by atoms with Crippen molar-refractivity contribution >= 4 is 0 Å². The minimum atomic E-state index is 0.0785. The first-order chi connectivity index (χ1) is 12.3. The van der Waals surface area contributed by atoms with Crippen LogP contribution in [-0.4, -0.2) is 47.3 Å². The van der Waals surface area contributed by atoms with Crippen LogP contribution in [0.3, 0.4) is 0 Å². The van der Waals surface area contributed by atoms with Crippen molar-refractivity contribution in [2.24, 2.45) is 5.92 Å². The van der Waals surface area contributed by atoms with Crippen LogP contribution in [0.5, 0.6) is 0 Å². The van der Waals surface area contributed by atoms with E-state index in [4.69, 9.17) is 0 Å². The van der Waals surface area contributed by atoms with Crippen molar-refractivity contribution in [1.29, 1.82) is 0 Å². The van der Waals surface area contributed by atoms with Gasteiger partial charge < -0.3 is 21.3 Å². The zero-order valence-electron chi connectivity index (χ0n) is 21.6. The Bertz CT molecular complexity index is 418. The predicted molar refractivity (Wildman–Crippen MR) is 127 cm³/mol. The molecule has 0 aliphatic carbocycles. The van der Waals surface area contributed by atoms with E-state index in [-0.39, 0.29) is 22.2 Å². The molecule has 0 radical (unpaired) electrons. The standard InChI is InChI=1S/C24H54N4/c1-14-18(17-26-22(5,6)7)20(28-24(11,12)13)19(27-23(8,9)10)15-16-25-21(2,3)4/h18-20,25-28H,14-17H2,1-13H3. The fourth-order valence-corrected chi connectivity index (χ4v) is 3.51.